The van der Waals surface area contributed by atoms with Gasteiger partial charge in [0.2, 0.25) is 0 Å². The van der Waals surface area contributed by atoms with Crippen LogP contribution in [0.25, 0.3) is 10.9 Å². The van der Waals surface area contributed by atoms with Crippen molar-refractivity contribution in [3.63, 3.8) is 0 Å². The average molecular weight is 291 g/mol. The lowest BCUT2D eigenvalue weighted by Gasteiger charge is -2.17. The molecule has 3 heteroatoms. The van der Waals surface area contributed by atoms with Crippen molar-refractivity contribution in [2.45, 2.75) is 25.3 Å². The van der Waals surface area contributed by atoms with E-state index >= 15 is 0 Å². The Morgan fingerprint density at radius 1 is 1.35 bits per heavy atom. The van der Waals surface area contributed by atoms with Gasteiger partial charge >= 0.3 is 0 Å². The van der Waals surface area contributed by atoms with Crippen LogP contribution in [0.1, 0.15) is 24.8 Å². The number of halogens is 1. The van der Waals surface area contributed by atoms with Gasteiger partial charge in [0.05, 0.1) is 5.52 Å². The number of rotatable bonds is 1. The summed E-state index contributed by atoms with van der Waals surface area (Å²) in [5.74, 6) is 0.584. The Labute approximate surface area is 110 Å². The van der Waals surface area contributed by atoms with E-state index in [1.54, 1.807) is 0 Å². The van der Waals surface area contributed by atoms with E-state index in [0.717, 1.165) is 16.5 Å². The highest BCUT2D eigenvalue weighted by Gasteiger charge is 2.26. The topological polar surface area (TPSA) is 24.9 Å². The van der Waals surface area contributed by atoms with Gasteiger partial charge in [0, 0.05) is 28.0 Å². The lowest BCUT2D eigenvalue weighted by Crippen LogP contribution is -2.21. The molecule has 3 rings (SSSR count). The lowest BCUT2D eigenvalue weighted by atomic mass is 9.91. The molecular formula is C14H15BrN2. The summed E-state index contributed by atoms with van der Waals surface area (Å²) in [5.41, 5.74) is 2.52. The predicted molar refractivity (Wildman–Crippen MR) is 74.3 cm³/mol. The number of pyridine rings is 1. The van der Waals surface area contributed by atoms with Crippen molar-refractivity contribution >= 4 is 26.8 Å². The summed E-state index contributed by atoms with van der Waals surface area (Å²) in [4.78, 5) is 4.56. The summed E-state index contributed by atoms with van der Waals surface area (Å²) >= 11 is 3.60. The van der Waals surface area contributed by atoms with Gasteiger partial charge in [-0.15, -0.1) is 0 Å². The molecule has 0 radical (unpaired) electrons. The monoisotopic (exact) mass is 290 g/mol. The van der Waals surface area contributed by atoms with Gasteiger partial charge in [-0.05, 0) is 37.6 Å². The van der Waals surface area contributed by atoms with Crippen molar-refractivity contribution in [2.24, 2.45) is 0 Å². The number of nitrogens with one attached hydrogen (secondary N) is 1. The van der Waals surface area contributed by atoms with E-state index in [4.69, 9.17) is 0 Å². The van der Waals surface area contributed by atoms with Gasteiger partial charge in [0.25, 0.3) is 0 Å². The summed E-state index contributed by atoms with van der Waals surface area (Å²) in [7, 11) is 0. The molecule has 1 aromatic heterocycles. The SMILES string of the molecule is CC1NCCC1c1ccc(Br)c2cccnc12. The predicted octanol–water partition coefficient (Wildman–Crippen LogP) is 3.46. The molecule has 1 aromatic carbocycles. The van der Waals surface area contributed by atoms with Crippen LogP contribution >= 0.6 is 15.9 Å². The summed E-state index contributed by atoms with van der Waals surface area (Å²) in [6.45, 7) is 3.37. The first-order valence-electron chi connectivity index (χ1n) is 6.04. The van der Waals surface area contributed by atoms with Crippen molar-refractivity contribution in [3.8, 4) is 0 Å². The molecule has 2 heterocycles. The van der Waals surface area contributed by atoms with Crippen LogP contribution in [-0.4, -0.2) is 17.6 Å². The van der Waals surface area contributed by atoms with Crippen LogP contribution < -0.4 is 5.32 Å². The molecule has 0 aliphatic carbocycles. The average Bonchev–Trinajstić information content (AvgIpc) is 2.77. The minimum absolute atomic E-state index is 0.543. The zero-order valence-corrected chi connectivity index (χ0v) is 11.4. The molecule has 0 spiro atoms. The van der Waals surface area contributed by atoms with Crippen LogP contribution in [0.3, 0.4) is 0 Å². The quantitative estimate of drug-likeness (QED) is 0.870. The molecule has 1 saturated heterocycles. The summed E-state index contributed by atoms with van der Waals surface area (Å²) in [6.07, 6.45) is 3.08. The number of fused-ring (bicyclic) bond motifs is 1. The second kappa shape index (κ2) is 4.39. The summed E-state index contributed by atoms with van der Waals surface area (Å²) in [6, 6.07) is 9.02. The van der Waals surface area contributed by atoms with Crippen molar-refractivity contribution in [2.75, 3.05) is 6.54 Å². The molecule has 1 aliphatic rings. The molecule has 2 atom stereocenters. The van der Waals surface area contributed by atoms with Gasteiger partial charge in [-0.3, -0.25) is 4.98 Å². The van der Waals surface area contributed by atoms with E-state index in [2.05, 4.69) is 51.4 Å². The Bertz CT molecular complexity index is 553. The van der Waals surface area contributed by atoms with E-state index in [9.17, 15) is 0 Å². The van der Waals surface area contributed by atoms with Crippen LogP contribution in [0.2, 0.25) is 0 Å². The van der Waals surface area contributed by atoms with Gasteiger partial charge in [0.1, 0.15) is 0 Å². The van der Waals surface area contributed by atoms with Gasteiger partial charge in [-0.2, -0.15) is 0 Å². The first kappa shape index (κ1) is 11.2. The summed E-state index contributed by atoms with van der Waals surface area (Å²) in [5, 5.41) is 4.72. The van der Waals surface area contributed by atoms with Crippen molar-refractivity contribution < 1.29 is 0 Å². The third-order valence-corrected chi connectivity index (χ3v) is 4.36. The maximum Gasteiger partial charge on any atom is 0.0748 e. The van der Waals surface area contributed by atoms with E-state index in [-0.39, 0.29) is 0 Å². The molecule has 1 aliphatic heterocycles. The normalized spacial score (nSPS) is 24.4. The molecule has 17 heavy (non-hydrogen) atoms. The standard InChI is InChI=1S/C14H15BrN2/c1-9-10(6-8-16-9)11-4-5-13(15)12-3-2-7-17-14(11)12/h2-5,7,9-10,16H,6,8H2,1H3. The Kier molecular flexibility index (Phi) is 2.89. The smallest absolute Gasteiger partial charge is 0.0748 e. The van der Waals surface area contributed by atoms with Crippen molar-refractivity contribution in [1.82, 2.24) is 10.3 Å². The Morgan fingerprint density at radius 2 is 2.24 bits per heavy atom. The third kappa shape index (κ3) is 1.87. The maximum absolute atomic E-state index is 4.56. The van der Waals surface area contributed by atoms with Gasteiger partial charge < -0.3 is 5.32 Å². The number of nitrogens with zero attached hydrogens (tertiary/aromatic N) is 1. The minimum Gasteiger partial charge on any atom is -0.314 e. The molecule has 2 unspecified atom stereocenters. The maximum atomic E-state index is 4.56. The van der Waals surface area contributed by atoms with E-state index in [1.807, 2.05) is 12.3 Å². The first-order valence-corrected chi connectivity index (χ1v) is 6.83. The largest absolute Gasteiger partial charge is 0.314 e. The Morgan fingerprint density at radius 3 is 3.00 bits per heavy atom. The molecule has 1 fully saturated rings. The highest BCUT2D eigenvalue weighted by molar-refractivity contribution is 9.10. The van der Waals surface area contributed by atoms with Gasteiger partial charge in [-0.25, -0.2) is 0 Å². The fourth-order valence-corrected chi connectivity index (χ4v) is 3.19. The number of hydrogen-bond donors (Lipinski definition) is 1. The molecule has 2 nitrogen and oxygen atoms in total. The van der Waals surface area contributed by atoms with E-state index in [1.165, 1.54) is 17.4 Å². The second-order valence-electron chi connectivity index (χ2n) is 4.67. The van der Waals surface area contributed by atoms with Crippen LogP contribution in [0.5, 0.6) is 0 Å². The molecule has 1 N–H and O–H groups in total. The molecule has 0 saturated carbocycles. The number of hydrogen-bond acceptors (Lipinski definition) is 2. The molecule has 0 amide bonds. The molecule has 2 aromatic rings. The van der Waals surface area contributed by atoms with Gasteiger partial charge in [-0.1, -0.05) is 28.1 Å². The Balaban J connectivity index is 2.20. The highest BCUT2D eigenvalue weighted by Crippen LogP contribution is 2.34. The summed E-state index contributed by atoms with van der Waals surface area (Å²) < 4.78 is 1.13. The van der Waals surface area contributed by atoms with E-state index in [0.29, 0.717) is 12.0 Å². The second-order valence-corrected chi connectivity index (χ2v) is 5.53. The van der Waals surface area contributed by atoms with E-state index < -0.39 is 0 Å². The highest BCUT2D eigenvalue weighted by atomic mass is 79.9. The minimum atomic E-state index is 0.543. The Hall–Kier alpha value is -0.930. The van der Waals surface area contributed by atoms with Crippen molar-refractivity contribution in [1.29, 1.82) is 0 Å². The zero-order valence-electron chi connectivity index (χ0n) is 9.78. The zero-order chi connectivity index (χ0) is 11.8. The fraction of sp³-hybridized carbons (Fsp3) is 0.357. The first-order chi connectivity index (χ1) is 8.27. The molecule has 88 valence electrons. The lowest BCUT2D eigenvalue weighted by molar-refractivity contribution is 0.596. The number of benzene rings is 1. The fourth-order valence-electron chi connectivity index (χ4n) is 2.74. The third-order valence-electron chi connectivity index (χ3n) is 3.67. The van der Waals surface area contributed by atoms with Crippen LogP contribution in [0.4, 0.5) is 0 Å². The number of aromatic nitrogens is 1. The molecular weight excluding hydrogens is 276 g/mol. The van der Waals surface area contributed by atoms with Crippen LogP contribution in [0, 0.1) is 0 Å². The molecule has 0 bridgehead atoms. The van der Waals surface area contributed by atoms with Crippen LogP contribution in [-0.2, 0) is 0 Å². The van der Waals surface area contributed by atoms with Gasteiger partial charge in [0.15, 0.2) is 0 Å². The van der Waals surface area contributed by atoms with Crippen LogP contribution in [0.15, 0.2) is 34.9 Å². The van der Waals surface area contributed by atoms with Crippen molar-refractivity contribution in [3.05, 3.63) is 40.5 Å².